The van der Waals surface area contributed by atoms with Gasteiger partial charge in [-0.3, -0.25) is 4.79 Å². The molecule has 1 unspecified atom stereocenters. The lowest BCUT2D eigenvalue weighted by atomic mass is 10.1. The van der Waals surface area contributed by atoms with E-state index in [0.29, 0.717) is 12.2 Å². The molecule has 22 heavy (non-hydrogen) atoms. The predicted molar refractivity (Wildman–Crippen MR) is 83.7 cm³/mol. The number of benzene rings is 1. The van der Waals surface area contributed by atoms with E-state index in [1.54, 1.807) is 12.1 Å². The van der Waals surface area contributed by atoms with Gasteiger partial charge < -0.3 is 16.2 Å². The number of aromatic carboxylic acids is 1. The van der Waals surface area contributed by atoms with Crippen molar-refractivity contribution in [3.63, 3.8) is 0 Å². The minimum absolute atomic E-state index is 0.130. The summed E-state index contributed by atoms with van der Waals surface area (Å²) in [5, 5.41) is 14.2. The van der Waals surface area contributed by atoms with Gasteiger partial charge in [0.2, 0.25) is 5.91 Å². The average Bonchev–Trinajstić information content (AvgIpc) is 2.94. The Morgan fingerprint density at radius 1 is 1.36 bits per heavy atom. The monoisotopic (exact) mass is 319 g/mol. The van der Waals surface area contributed by atoms with Crippen LogP contribution in [-0.4, -0.2) is 22.0 Å². The zero-order chi connectivity index (χ0) is 16.1. The molecule has 0 bridgehead atoms. The lowest BCUT2D eigenvalue weighted by molar-refractivity contribution is -0.120. The summed E-state index contributed by atoms with van der Waals surface area (Å²) >= 11 is 1.45. The van der Waals surface area contributed by atoms with Gasteiger partial charge in [0.05, 0.1) is 23.7 Å². The molecule has 0 spiro atoms. The molecule has 0 aliphatic carbocycles. The third kappa shape index (κ3) is 4.37. The van der Waals surface area contributed by atoms with Crippen molar-refractivity contribution in [2.24, 2.45) is 5.73 Å². The summed E-state index contributed by atoms with van der Waals surface area (Å²) in [6.07, 6.45) is 0.205. The second kappa shape index (κ2) is 7.15. The zero-order valence-electron chi connectivity index (χ0n) is 12.1. The smallest absolute Gasteiger partial charge is 0.335 e. The van der Waals surface area contributed by atoms with Crippen molar-refractivity contribution in [2.75, 3.05) is 0 Å². The zero-order valence-corrected chi connectivity index (χ0v) is 12.9. The molecule has 1 amide bonds. The maximum Gasteiger partial charge on any atom is 0.335 e. The Labute approximate surface area is 132 Å². The van der Waals surface area contributed by atoms with Crippen molar-refractivity contribution in [2.45, 2.75) is 25.9 Å². The highest BCUT2D eigenvalue weighted by Crippen LogP contribution is 2.16. The van der Waals surface area contributed by atoms with Gasteiger partial charge in [-0.1, -0.05) is 12.1 Å². The summed E-state index contributed by atoms with van der Waals surface area (Å²) in [4.78, 5) is 26.9. The number of thiazole rings is 1. The van der Waals surface area contributed by atoms with Gasteiger partial charge in [-0.05, 0) is 24.6 Å². The summed E-state index contributed by atoms with van der Waals surface area (Å²) in [6.45, 7) is 2.20. The van der Waals surface area contributed by atoms with Crippen LogP contribution in [0.5, 0.6) is 0 Å². The highest BCUT2D eigenvalue weighted by molar-refractivity contribution is 7.09. The normalized spacial score (nSPS) is 11.9. The number of nitrogens with one attached hydrogen (secondary N) is 1. The van der Waals surface area contributed by atoms with E-state index in [1.165, 1.54) is 23.5 Å². The van der Waals surface area contributed by atoms with Crippen molar-refractivity contribution >= 4 is 23.2 Å². The number of aromatic nitrogens is 1. The molecule has 1 aromatic carbocycles. The maximum absolute atomic E-state index is 11.9. The fraction of sp³-hybridized carbons (Fsp3) is 0.267. The Hall–Kier alpha value is -2.25. The first-order valence-electron chi connectivity index (χ1n) is 6.74. The molecule has 2 aromatic rings. The van der Waals surface area contributed by atoms with E-state index < -0.39 is 5.97 Å². The predicted octanol–water partition coefficient (Wildman–Crippen LogP) is 1.72. The summed E-state index contributed by atoms with van der Waals surface area (Å²) < 4.78 is 0. The van der Waals surface area contributed by atoms with Crippen molar-refractivity contribution in [1.29, 1.82) is 0 Å². The summed E-state index contributed by atoms with van der Waals surface area (Å²) in [6, 6.07) is 6.26. The van der Waals surface area contributed by atoms with Crippen LogP contribution in [0.2, 0.25) is 0 Å². The third-order valence-corrected chi connectivity index (χ3v) is 4.09. The number of hydrogen-bond donors (Lipinski definition) is 3. The summed E-state index contributed by atoms with van der Waals surface area (Å²) in [5.41, 5.74) is 7.50. The number of nitrogens with two attached hydrogens (primary N) is 1. The van der Waals surface area contributed by atoms with Crippen molar-refractivity contribution in [3.8, 4) is 0 Å². The molecule has 1 aromatic heterocycles. The van der Waals surface area contributed by atoms with Gasteiger partial charge in [0.25, 0.3) is 0 Å². The first kappa shape index (κ1) is 16.1. The molecule has 116 valence electrons. The fourth-order valence-electron chi connectivity index (χ4n) is 1.81. The molecule has 0 saturated heterocycles. The van der Waals surface area contributed by atoms with Crippen molar-refractivity contribution in [1.82, 2.24) is 10.3 Å². The molecular weight excluding hydrogens is 302 g/mol. The van der Waals surface area contributed by atoms with Gasteiger partial charge in [0.1, 0.15) is 5.01 Å². The highest BCUT2D eigenvalue weighted by Gasteiger charge is 2.10. The van der Waals surface area contributed by atoms with Crippen LogP contribution in [0.15, 0.2) is 29.6 Å². The number of amides is 1. The van der Waals surface area contributed by atoms with Crippen LogP contribution in [0.25, 0.3) is 0 Å². The molecule has 6 nitrogen and oxygen atoms in total. The molecule has 0 saturated carbocycles. The molecule has 1 atom stereocenters. The molecule has 0 fully saturated rings. The third-order valence-electron chi connectivity index (χ3n) is 2.99. The quantitative estimate of drug-likeness (QED) is 0.752. The highest BCUT2D eigenvalue weighted by atomic mass is 32.1. The van der Waals surface area contributed by atoms with E-state index in [9.17, 15) is 9.59 Å². The summed E-state index contributed by atoms with van der Waals surface area (Å²) in [5.74, 6) is -1.10. The van der Waals surface area contributed by atoms with Crippen molar-refractivity contribution < 1.29 is 14.7 Å². The lowest BCUT2D eigenvalue weighted by Crippen LogP contribution is -2.24. The summed E-state index contributed by atoms with van der Waals surface area (Å²) in [7, 11) is 0. The van der Waals surface area contributed by atoms with Gasteiger partial charge in [0.15, 0.2) is 0 Å². The Morgan fingerprint density at radius 2 is 2.05 bits per heavy atom. The molecule has 4 N–H and O–H groups in total. The first-order valence-corrected chi connectivity index (χ1v) is 7.62. The van der Waals surface area contributed by atoms with E-state index in [0.717, 1.165) is 10.6 Å². The largest absolute Gasteiger partial charge is 0.478 e. The number of nitrogens with zero attached hydrogens (tertiary/aromatic N) is 1. The van der Waals surface area contributed by atoms with Crippen LogP contribution in [0.1, 0.15) is 39.6 Å². The fourth-order valence-corrected chi connectivity index (χ4v) is 2.58. The van der Waals surface area contributed by atoms with Crippen LogP contribution in [0.4, 0.5) is 0 Å². The molecule has 0 aliphatic rings. The topological polar surface area (TPSA) is 105 Å². The van der Waals surface area contributed by atoms with Crippen LogP contribution in [-0.2, 0) is 17.8 Å². The van der Waals surface area contributed by atoms with E-state index in [-0.39, 0.29) is 23.9 Å². The van der Waals surface area contributed by atoms with Crippen LogP contribution >= 0.6 is 11.3 Å². The molecule has 0 aliphatic heterocycles. The number of carboxylic acids is 1. The number of hydrogen-bond acceptors (Lipinski definition) is 5. The van der Waals surface area contributed by atoms with E-state index >= 15 is 0 Å². The average molecular weight is 319 g/mol. The van der Waals surface area contributed by atoms with E-state index in [2.05, 4.69) is 10.3 Å². The molecule has 1 heterocycles. The second-order valence-corrected chi connectivity index (χ2v) is 5.81. The molecule has 2 rings (SSSR count). The van der Waals surface area contributed by atoms with E-state index in [4.69, 9.17) is 10.8 Å². The molecular formula is C15H17N3O3S. The van der Waals surface area contributed by atoms with Crippen LogP contribution < -0.4 is 11.1 Å². The van der Waals surface area contributed by atoms with E-state index in [1.807, 2.05) is 12.3 Å². The Bertz CT molecular complexity index is 665. The number of carboxylic acid groups (broad SMARTS) is 1. The number of carbonyl (C=O) groups excluding carboxylic acids is 1. The van der Waals surface area contributed by atoms with Gasteiger partial charge in [-0.2, -0.15) is 0 Å². The minimum atomic E-state index is -0.968. The Balaban J connectivity index is 1.85. The Morgan fingerprint density at radius 3 is 2.59 bits per heavy atom. The van der Waals surface area contributed by atoms with Gasteiger partial charge in [-0.15, -0.1) is 11.3 Å². The minimum Gasteiger partial charge on any atom is -0.478 e. The number of rotatable bonds is 6. The van der Waals surface area contributed by atoms with Crippen LogP contribution in [0, 0.1) is 0 Å². The van der Waals surface area contributed by atoms with Gasteiger partial charge >= 0.3 is 5.97 Å². The molecule has 0 radical (unpaired) electrons. The SMILES string of the molecule is CC(N)c1nc(CC(=O)NCc2ccc(C(=O)O)cc2)cs1. The van der Waals surface area contributed by atoms with Gasteiger partial charge in [0, 0.05) is 11.9 Å². The number of carbonyl (C=O) groups is 2. The lowest BCUT2D eigenvalue weighted by Gasteiger charge is -2.05. The van der Waals surface area contributed by atoms with Gasteiger partial charge in [-0.25, -0.2) is 9.78 Å². The maximum atomic E-state index is 11.9. The van der Waals surface area contributed by atoms with Crippen molar-refractivity contribution in [3.05, 3.63) is 51.5 Å². The standard InChI is InChI=1S/C15H17N3O3S/c1-9(16)14-18-12(8-22-14)6-13(19)17-7-10-2-4-11(5-3-10)15(20)21/h2-5,8-9H,6-7,16H2,1H3,(H,17,19)(H,20,21). The second-order valence-electron chi connectivity index (χ2n) is 4.92. The molecule has 7 heteroatoms. The first-order chi connectivity index (χ1) is 10.5. The Kier molecular flexibility index (Phi) is 5.24. The van der Waals surface area contributed by atoms with Crippen LogP contribution in [0.3, 0.4) is 0 Å².